The maximum absolute atomic E-state index is 12.8. The number of aromatic amines is 1. The van der Waals surface area contributed by atoms with E-state index >= 15 is 0 Å². The first kappa shape index (κ1) is 14.5. The van der Waals surface area contributed by atoms with Crippen LogP contribution in [0.25, 0.3) is 0 Å². The van der Waals surface area contributed by atoms with Crippen LogP contribution in [0.2, 0.25) is 0 Å². The van der Waals surface area contributed by atoms with Gasteiger partial charge in [-0.2, -0.15) is 9.40 Å². The third kappa shape index (κ3) is 2.54. The lowest BCUT2D eigenvalue weighted by Crippen LogP contribution is -2.51. The molecule has 1 aliphatic heterocycles. The number of aryl methyl sites for hydroxylation is 2. The van der Waals surface area contributed by atoms with Gasteiger partial charge in [0.05, 0.1) is 11.4 Å². The Bertz CT molecular complexity index is 531. The predicted molar refractivity (Wildman–Crippen MR) is 73.2 cm³/mol. The fraction of sp³-hybridized carbons (Fsp3) is 0.750. The molecule has 2 heterocycles. The molecule has 19 heavy (non-hydrogen) atoms. The molecular weight excluding hydrogens is 264 g/mol. The molecule has 6 nitrogen and oxygen atoms in total. The maximum atomic E-state index is 12.8. The molecule has 1 aliphatic rings. The van der Waals surface area contributed by atoms with Crippen molar-refractivity contribution >= 4 is 10.0 Å². The van der Waals surface area contributed by atoms with Gasteiger partial charge in [0.2, 0.25) is 10.0 Å². The number of nitrogens with one attached hydrogen (secondary N) is 1. The maximum Gasteiger partial charge on any atom is 0.247 e. The quantitative estimate of drug-likeness (QED) is 0.864. The summed E-state index contributed by atoms with van der Waals surface area (Å²) in [4.78, 5) is 0.306. The standard InChI is InChI=1S/C12H22N4O2S/c1-8(13)11-6-4-5-7-16(11)19(17,18)12-9(2)14-15-10(12)3/h8,11H,4-7,13H2,1-3H3,(H,14,15). The second-order valence-electron chi connectivity index (χ2n) is 5.30. The highest BCUT2D eigenvalue weighted by atomic mass is 32.2. The van der Waals surface area contributed by atoms with Gasteiger partial charge in [0.15, 0.2) is 0 Å². The Balaban J connectivity index is 2.43. The largest absolute Gasteiger partial charge is 0.326 e. The van der Waals surface area contributed by atoms with E-state index in [2.05, 4.69) is 10.2 Å². The molecule has 3 N–H and O–H groups in total. The monoisotopic (exact) mass is 286 g/mol. The predicted octanol–water partition coefficient (Wildman–Crippen LogP) is 0.917. The van der Waals surface area contributed by atoms with Gasteiger partial charge in [-0.15, -0.1) is 0 Å². The highest BCUT2D eigenvalue weighted by molar-refractivity contribution is 7.89. The van der Waals surface area contributed by atoms with Gasteiger partial charge in [-0.05, 0) is 33.6 Å². The van der Waals surface area contributed by atoms with Crippen LogP contribution in [0, 0.1) is 13.8 Å². The van der Waals surface area contributed by atoms with E-state index in [1.807, 2.05) is 6.92 Å². The molecule has 1 fully saturated rings. The second kappa shape index (κ2) is 5.22. The number of sulfonamides is 1. The van der Waals surface area contributed by atoms with Gasteiger partial charge in [-0.1, -0.05) is 6.42 Å². The zero-order valence-corrected chi connectivity index (χ0v) is 12.5. The van der Waals surface area contributed by atoms with Crippen molar-refractivity contribution in [2.75, 3.05) is 6.54 Å². The molecule has 0 amide bonds. The van der Waals surface area contributed by atoms with Gasteiger partial charge in [0, 0.05) is 18.6 Å². The minimum Gasteiger partial charge on any atom is -0.326 e. The van der Waals surface area contributed by atoms with Crippen LogP contribution in [0.3, 0.4) is 0 Å². The average molecular weight is 286 g/mol. The van der Waals surface area contributed by atoms with E-state index in [1.165, 1.54) is 0 Å². The van der Waals surface area contributed by atoms with Crippen LogP contribution in [-0.4, -0.2) is 41.5 Å². The number of H-pyrrole nitrogens is 1. The zero-order chi connectivity index (χ0) is 14.2. The summed E-state index contributed by atoms with van der Waals surface area (Å²) in [6.45, 7) is 5.85. The van der Waals surface area contributed by atoms with E-state index in [0.29, 0.717) is 22.8 Å². The first-order chi connectivity index (χ1) is 8.85. The Morgan fingerprint density at radius 2 is 2.11 bits per heavy atom. The number of hydrogen-bond donors (Lipinski definition) is 2. The van der Waals surface area contributed by atoms with Gasteiger partial charge in [-0.3, -0.25) is 5.10 Å². The van der Waals surface area contributed by atoms with E-state index in [1.54, 1.807) is 18.2 Å². The van der Waals surface area contributed by atoms with Gasteiger partial charge < -0.3 is 5.73 Å². The van der Waals surface area contributed by atoms with E-state index in [4.69, 9.17) is 5.73 Å². The fourth-order valence-corrected chi connectivity index (χ4v) is 4.90. The highest BCUT2D eigenvalue weighted by Gasteiger charge is 2.37. The highest BCUT2D eigenvalue weighted by Crippen LogP contribution is 2.29. The number of nitrogens with zero attached hydrogens (tertiary/aromatic N) is 2. The Hall–Kier alpha value is -0.920. The minimum absolute atomic E-state index is 0.118. The van der Waals surface area contributed by atoms with Crippen LogP contribution in [0.1, 0.15) is 37.6 Å². The number of aromatic nitrogens is 2. The van der Waals surface area contributed by atoms with Crippen molar-refractivity contribution < 1.29 is 8.42 Å². The molecule has 1 saturated heterocycles. The van der Waals surface area contributed by atoms with Crippen molar-refractivity contribution in [3.8, 4) is 0 Å². The van der Waals surface area contributed by atoms with E-state index in [-0.39, 0.29) is 12.1 Å². The molecule has 2 atom stereocenters. The molecule has 0 aliphatic carbocycles. The van der Waals surface area contributed by atoms with Crippen molar-refractivity contribution in [1.82, 2.24) is 14.5 Å². The Morgan fingerprint density at radius 1 is 1.42 bits per heavy atom. The fourth-order valence-electron chi connectivity index (χ4n) is 2.79. The summed E-state index contributed by atoms with van der Waals surface area (Å²) in [6.07, 6.45) is 2.74. The summed E-state index contributed by atoms with van der Waals surface area (Å²) in [6, 6.07) is -0.282. The Morgan fingerprint density at radius 3 is 2.63 bits per heavy atom. The van der Waals surface area contributed by atoms with E-state index < -0.39 is 10.0 Å². The van der Waals surface area contributed by atoms with Crippen molar-refractivity contribution in [2.45, 2.75) is 57.0 Å². The molecule has 7 heteroatoms. The van der Waals surface area contributed by atoms with Gasteiger partial charge in [0.25, 0.3) is 0 Å². The molecule has 2 rings (SSSR count). The summed E-state index contributed by atoms with van der Waals surface area (Å²) in [5.74, 6) is 0. The first-order valence-corrected chi connectivity index (χ1v) is 8.08. The molecule has 0 radical (unpaired) electrons. The van der Waals surface area contributed by atoms with Crippen LogP contribution >= 0.6 is 0 Å². The molecule has 1 aromatic rings. The summed E-state index contributed by atoms with van der Waals surface area (Å²) >= 11 is 0. The number of piperidine rings is 1. The van der Waals surface area contributed by atoms with Crippen LogP contribution in [-0.2, 0) is 10.0 Å². The average Bonchev–Trinajstić information content (AvgIpc) is 2.69. The lowest BCUT2D eigenvalue weighted by Gasteiger charge is -2.36. The molecule has 0 bridgehead atoms. The van der Waals surface area contributed by atoms with Gasteiger partial charge in [-0.25, -0.2) is 8.42 Å². The Kier molecular flexibility index (Phi) is 3.98. The molecule has 0 spiro atoms. The third-order valence-electron chi connectivity index (χ3n) is 3.73. The van der Waals surface area contributed by atoms with E-state index in [0.717, 1.165) is 19.3 Å². The van der Waals surface area contributed by atoms with Crippen molar-refractivity contribution in [3.05, 3.63) is 11.4 Å². The normalized spacial score (nSPS) is 23.5. The van der Waals surface area contributed by atoms with Crippen LogP contribution in [0.15, 0.2) is 4.90 Å². The first-order valence-electron chi connectivity index (χ1n) is 6.64. The van der Waals surface area contributed by atoms with Crippen LogP contribution in [0.5, 0.6) is 0 Å². The lowest BCUT2D eigenvalue weighted by molar-refractivity contribution is 0.227. The lowest BCUT2D eigenvalue weighted by atomic mass is 10.00. The van der Waals surface area contributed by atoms with Crippen molar-refractivity contribution in [1.29, 1.82) is 0 Å². The molecule has 1 aromatic heterocycles. The summed E-state index contributed by atoms with van der Waals surface area (Å²) in [5.41, 5.74) is 7.06. The molecule has 108 valence electrons. The molecule has 0 saturated carbocycles. The second-order valence-corrected chi connectivity index (χ2v) is 7.13. The van der Waals surface area contributed by atoms with Crippen LogP contribution in [0.4, 0.5) is 0 Å². The topological polar surface area (TPSA) is 92.1 Å². The SMILES string of the molecule is Cc1n[nH]c(C)c1S(=O)(=O)N1CCCCC1C(C)N. The van der Waals surface area contributed by atoms with Crippen molar-refractivity contribution in [2.24, 2.45) is 5.73 Å². The van der Waals surface area contributed by atoms with Crippen LogP contribution < -0.4 is 5.73 Å². The summed E-state index contributed by atoms with van der Waals surface area (Å²) < 4.78 is 27.2. The van der Waals surface area contributed by atoms with Gasteiger partial charge in [0.1, 0.15) is 4.90 Å². The summed E-state index contributed by atoms with van der Waals surface area (Å²) in [5, 5.41) is 6.72. The van der Waals surface area contributed by atoms with E-state index in [9.17, 15) is 8.42 Å². The Labute approximate surface area is 114 Å². The van der Waals surface area contributed by atoms with Gasteiger partial charge >= 0.3 is 0 Å². The minimum atomic E-state index is -3.51. The third-order valence-corrected chi connectivity index (χ3v) is 5.92. The number of nitrogens with two attached hydrogens (primary N) is 1. The van der Waals surface area contributed by atoms with Crippen molar-refractivity contribution in [3.63, 3.8) is 0 Å². The smallest absolute Gasteiger partial charge is 0.247 e. The zero-order valence-electron chi connectivity index (χ0n) is 11.7. The number of rotatable bonds is 3. The molecule has 2 unspecified atom stereocenters. The molecule has 0 aromatic carbocycles. The summed E-state index contributed by atoms with van der Waals surface area (Å²) in [7, 11) is -3.51. The number of hydrogen-bond acceptors (Lipinski definition) is 4. The molecular formula is C12H22N4O2S.